The Bertz CT molecular complexity index is 447. The number of esters is 2. The smallest absolute Gasteiger partial charge is 0.320 e. The van der Waals surface area contributed by atoms with Crippen LogP contribution in [0.1, 0.15) is 0 Å². The molecule has 1 aliphatic rings. The van der Waals surface area contributed by atoms with Gasteiger partial charge in [-0.25, -0.2) is 0 Å². The van der Waals surface area contributed by atoms with Crippen molar-refractivity contribution in [1.29, 1.82) is 10.5 Å². The Morgan fingerprint density at radius 2 is 1.44 bits per heavy atom. The highest BCUT2D eigenvalue weighted by molar-refractivity contribution is 8.26. The van der Waals surface area contributed by atoms with E-state index >= 15 is 0 Å². The lowest BCUT2D eigenvalue weighted by Gasteiger charge is -2.12. The van der Waals surface area contributed by atoms with Gasteiger partial charge in [0.15, 0.2) is 0 Å². The van der Waals surface area contributed by atoms with Crippen molar-refractivity contribution in [1.82, 2.24) is 0 Å². The number of carbonyl (C=O) groups excluding carboxylic acids is 2. The second kappa shape index (κ2) is 6.34. The van der Waals surface area contributed by atoms with E-state index in [1.54, 1.807) is 12.1 Å². The first-order valence-electron chi connectivity index (χ1n) is 4.62. The molecule has 1 fully saturated rings. The van der Waals surface area contributed by atoms with Gasteiger partial charge in [-0.2, -0.15) is 10.5 Å². The predicted molar refractivity (Wildman–Crippen MR) is 65.0 cm³/mol. The highest BCUT2D eigenvalue weighted by atomic mass is 32.2. The molecule has 0 unspecified atom stereocenters. The molecule has 0 aromatic carbocycles. The largest absolute Gasteiger partial charge is 0.468 e. The standard InChI is InChI=1S/C10H8N2O4S2/c1-15-8(13)6-7(9(14)16-2)18-10(17-6)5(3-11)4-12/h6-7H,1-2H3/t6-,7-/m1/s1. The number of methoxy groups -OCH3 is 2. The van der Waals surface area contributed by atoms with Gasteiger partial charge >= 0.3 is 11.9 Å². The second-order valence-electron chi connectivity index (χ2n) is 3.01. The molecule has 8 heteroatoms. The summed E-state index contributed by atoms with van der Waals surface area (Å²) in [7, 11) is 2.41. The molecule has 1 heterocycles. The third-order valence-electron chi connectivity index (χ3n) is 2.04. The van der Waals surface area contributed by atoms with Gasteiger partial charge < -0.3 is 9.47 Å². The van der Waals surface area contributed by atoms with Crippen LogP contribution in [0.4, 0.5) is 0 Å². The number of carbonyl (C=O) groups is 2. The summed E-state index contributed by atoms with van der Waals surface area (Å²) >= 11 is 1.95. The summed E-state index contributed by atoms with van der Waals surface area (Å²) in [5.41, 5.74) is -0.120. The van der Waals surface area contributed by atoms with Gasteiger partial charge in [-0.3, -0.25) is 9.59 Å². The monoisotopic (exact) mass is 284 g/mol. The van der Waals surface area contributed by atoms with Gasteiger partial charge in [0.05, 0.1) is 18.5 Å². The fourth-order valence-corrected chi connectivity index (χ4v) is 4.10. The quantitative estimate of drug-likeness (QED) is 0.542. The highest BCUT2D eigenvalue weighted by Gasteiger charge is 2.44. The fourth-order valence-electron chi connectivity index (χ4n) is 1.19. The van der Waals surface area contributed by atoms with E-state index in [9.17, 15) is 9.59 Å². The summed E-state index contributed by atoms with van der Waals surface area (Å²) in [6.45, 7) is 0. The molecule has 0 aliphatic carbocycles. The zero-order valence-corrected chi connectivity index (χ0v) is 11.1. The summed E-state index contributed by atoms with van der Waals surface area (Å²) in [5, 5.41) is 15.9. The van der Waals surface area contributed by atoms with Gasteiger partial charge in [0.25, 0.3) is 0 Å². The maximum Gasteiger partial charge on any atom is 0.320 e. The summed E-state index contributed by atoms with van der Waals surface area (Å²) in [6.07, 6.45) is 0. The molecule has 0 saturated carbocycles. The first-order valence-corrected chi connectivity index (χ1v) is 6.38. The predicted octanol–water partition coefficient (Wildman–Crippen LogP) is 0.808. The van der Waals surface area contributed by atoms with Crippen molar-refractivity contribution in [2.45, 2.75) is 10.5 Å². The first-order chi connectivity index (χ1) is 8.58. The number of hydrogen-bond donors (Lipinski definition) is 0. The van der Waals surface area contributed by atoms with E-state index in [1.807, 2.05) is 0 Å². The molecule has 6 nitrogen and oxygen atoms in total. The Morgan fingerprint density at radius 1 is 1.06 bits per heavy atom. The van der Waals surface area contributed by atoms with Crippen LogP contribution in [-0.2, 0) is 19.1 Å². The van der Waals surface area contributed by atoms with Crippen LogP contribution in [0.15, 0.2) is 9.81 Å². The second-order valence-corrected chi connectivity index (χ2v) is 5.57. The molecule has 0 aromatic heterocycles. The van der Waals surface area contributed by atoms with E-state index in [4.69, 9.17) is 10.5 Å². The van der Waals surface area contributed by atoms with Crippen LogP contribution < -0.4 is 0 Å². The Hall–Kier alpha value is -1.64. The Morgan fingerprint density at radius 3 is 1.72 bits per heavy atom. The number of nitriles is 2. The number of nitrogens with zero attached hydrogens (tertiary/aromatic N) is 2. The number of allylic oxidation sites excluding steroid dienone is 1. The van der Waals surface area contributed by atoms with Gasteiger partial charge in [0.1, 0.15) is 28.2 Å². The molecule has 0 aromatic rings. The first kappa shape index (κ1) is 14.4. The normalized spacial score (nSPS) is 21.7. The topological polar surface area (TPSA) is 100 Å². The van der Waals surface area contributed by atoms with Gasteiger partial charge in [0, 0.05) is 0 Å². The zero-order valence-electron chi connectivity index (χ0n) is 9.50. The average molecular weight is 284 g/mol. The summed E-state index contributed by atoms with van der Waals surface area (Å²) < 4.78 is 9.51. The van der Waals surface area contributed by atoms with Gasteiger partial charge in [-0.1, -0.05) is 23.5 Å². The van der Waals surface area contributed by atoms with Crippen LogP contribution in [0, 0.1) is 22.7 Å². The SMILES string of the molecule is COC(=O)[C@@H]1SC(=C(C#N)C#N)S[C@H]1C(=O)OC. The molecule has 0 radical (unpaired) electrons. The van der Waals surface area contributed by atoms with Crippen LogP contribution in [0.25, 0.3) is 0 Å². The lowest BCUT2D eigenvalue weighted by molar-refractivity contribution is -0.145. The molecule has 0 spiro atoms. The van der Waals surface area contributed by atoms with E-state index in [1.165, 1.54) is 14.2 Å². The molecule has 0 amide bonds. The minimum atomic E-state index is -0.806. The minimum Gasteiger partial charge on any atom is -0.468 e. The van der Waals surface area contributed by atoms with Gasteiger partial charge in [0.2, 0.25) is 0 Å². The fraction of sp³-hybridized carbons (Fsp3) is 0.400. The lowest BCUT2D eigenvalue weighted by atomic mass is 10.3. The third-order valence-corrected chi connectivity index (χ3v) is 5.06. The average Bonchev–Trinajstić information content (AvgIpc) is 2.83. The van der Waals surface area contributed by atoms with Crippen molar-refractivity contribution < 1.29 is 19.1 Å². The van der Waals surface area contributed by atoms with E-state index in [-0.39, 0.29) is 5.57 Å². The van der Waals surface area contributed by atoms with Crippen molar-refractivity contribution in [3.05, 3.63) is 9.81 Å². The van der Waals surface area contributed by atoms with Crippen LogP contribution in [-0.4, -0.2) is 36.7 Å². The summed E-state index contributed by atoms with van der Waals surface area (Å²) in [6, 6.07) is 3.44. The van der Waals surface area contributed by atoms with Crippen molar-refractivity contribution in [3.8, 4) is 12.1 Å². The Balaban J connectivity index is 3.09. The Kier molecular flexibility index (Phi) is 5.08. The molecular formula is C10H8N2O4S2. The Labute approximate surface area is 112 Å². The molecule has 0 N–H and O–H groups in total. The van der Waals surface area contributed by atoms with Crippen molar-refractivity contribution in [2.24, 2.45) is 0 Å². The van der Waals surface area contributed by atoms with Gasteiger partial charge in [-0.05, 0) is 0 Å². The molecule has 1 rings (SSSR count). The minimum absolute atomic E-state index is 0.120. The summed E-state index contributed by atoms with van der Waals surface area (Å²) in [5.74, 6) is -1.18. The molecule has 1 saturated heterocycles. The van der Waals surface area contributed by atoms with E-state index in [2.05, 4.69) is 9.47 Å². The lowest BCUT2D eigenvalue weighted by Crippen LogP contribution is -2.33. The van der Waals surface area contributed by atoms with E-state index in [0.717, 1.165) is 23.5 Å². The number of hydrogen-bond acceptors (Lipinski definition) is 8. The van der Waals surface area contributed by atoms with Crippen molar-refractivity contribution in [2.75, 3.05) is 14.2 Å². The molecule has 1 aliphatic heterocycles. The summed E-state index contributed by atoms with van der Waals surface area (Å²) in [4.78, 5) is 23.1. The molecule has 94 valence electrons. The number of ether oxygens (including phenoxy) is 2. The number of rotatable bonds is 2. The van der Waals surface area contributed by atoms with Gasteiger partial charge in [-0.15, -0.1) is 0 Å². The van der Waals surface area contributed by atoms with E-state index in [0.29, 0.717) is 4.24 Å². The molecular weight excluding hydrogens is 276 g/mol. The van der Waals surface area contributed by atoms with Crippen LogP contribution in [0.3, 0.4) is 0 Å². The van der Waals surface area contributed by atoms with Crippen LogP contribution in [0.5, 0.6) is 0 Å². The van der Waals surface area contributed by atoms with Crippen LogP contribution >= 0.6 is 23.5 Å². The van der Waals surface area contributed by atoms with E-state index < -0.39 is 22.4 Å². The molecule has 0 bridgehead atoms. The van der Waals surface area contributed by atoms with Crippen molar-refractivity contribution >= 4 is 35.5 Å². The molecule has 2 atom stereocenters. The third kappa shape index (κ3) is 2.78. The maximum absolute atomic E-state index is 11.5. The van der Waals surface area contributed by atoms with Crippen molar-refractivity contribution in [3.63, 3.8) is 0 Å². The highest BCUT2D eigenvalue weighted by Crippen LogP contribution is 2.49. The maximum atomic E-state index is 11.5. The van der Waals surface area contributed by atoms with Crippen LogP contribution in [0.2, 0.25) is 0 Å². The zero-order chi connectivity index (χ0) is 13.7. The molecule has 18 heavy (non-hydrogen) atoms. The number of thioether (sulfide) groups is 2.